The zero-order chi connectivity index (χ0) is 27.2. The van der Waals surface area contributed by atoms with Crippen LogP contribution in [0.2, 0.25) is 5.02 Å². The molecule has 39 heavy (non-hydrogen) atoms. The van der Waals surface area contributed by atoms with Crippen molar-refractivity contribution in [2.24, 2.45) is 5.92 Å². The number of hydrogen-bond acceptors (Lipinski definition) is 5. The van der Waals surface area contributed by atoms with Crippen molar-refractivity contribution >= 4 is 33.2 Å². The summed E-state index contributed by atoms with van der Waals surface area (Å²) in [7, 11) is -3.90. The Kier molecular flexibility index (Phi) is 6.62. The third-order valence-electron chi connectivity index (χ3n) is 8.35. The molecule has 1 amide bonds. The van der Waals surface area contributed by atoms with Crippen molar-refractivity contribution in [2.75, 3.05) is 17.4 Å². The van der Waals surface area contributed by atoms with Crippen LogP contribution in [-0.4, -0.2) is 33.5 Å². The number of nitriles is 1. The van der Waals surface area contributed by atoms with Gasteiger partial charge in [0.05, 0.1) is 28.3 Å². The zero-order valence-electron chi connectivity index (χ0n) is 21.4. The molecule has 6 rings (SSSR count). The molecule has 2 fully saturated rings. The fraction of sp³-hybridized carbons (Fsp3) is 0.333. The second-order valence-corrected chi connectivity index (χ2v) is 12.9. The van der Waals surface area contributed by atoms with Crippen LogP contribution < -0.4 is 14.9 Å². The number of amides is 1. The van der Waals surface area contributed by atoms with E-state index in [0.717, 1.165) is 49.9 Å². The van der Waals surface area contributed by atoms with E-state index >= 15 is 0 Å². The summed E-state index contributed by atoms with van der Waals surface area (Å²) in [6.45, 7) is 1.88. The summed E-state index contributed by atoms with van der Waals surface area (Å²) in [5.41, 5.74) is 2.96. The van der Waals surface area contributed by atoms with E-state index in [4.69, 9.17) is 11.6 Å². The number of carbonyl (C=O) groups excluding carboxylic acids is 1. The molecule has 3 aromatic carbocycles. The van der Waals surface area contributed by atoms with E-state index in [-0.39, 0.29) is 28.2 Å². The monoisotopic (exact) mass is 560 g/mol. The van der Waals surface area contributed by atoms with Gasteiger partial charge in [-0.05, 0) is 104 Å². The Labute approximate surface area is 233 Å². The Morgan fingerprint density at radius 1 is 1.08 bits per heavy atom. The summed E-state index contributed by atoms with van der Waals surface area (Å²) in [5.74, 6) is 0.0410. The smallest absolute Gasteiger partial charge is 0.264 e. The van der Waals surface area contributed by atoms with Crippen LogP contribution >= 0.6 is 11.6 Å². The van der Waals surface area contributed by atoms with Crippen LogP contribution in [0.25, 0.3) is 0 Å². The van der Waals surface area contributed by atoms with Gasteiger partial charge in [0.25, 0.3) is 15.9 Å². The summed E-state index contributed by atoms with van der Waals surface area (Å²) in [6.07, 6.45) is 3.56. The average molecular weight is 561 g/mol. The molecule has 0 aromatic heterocycles. The van der Waals surface area contributed by atoms with Crippen molar-refractivity contribution in [1.82, 2.24) is 10.6 Å². The summed E-state index contributed by atoms with van der Waals surface area (Å²) in [5, 5.41) is 16.2. The van der Waals surface area contributed by atoms with Gasteiger partial charge in [-0.1, -0.05) is 29.8 Å². The number of sulfonamides is 1. The van der Waals surface area contributed by atoms with E-state index in [1.165, 1.54) is 12.1 Å². The highest BCUT2D eigenvalue weighted by Crippen LogP contribution is 2.58. The molecule has 2 N–H and O–H groups in total. The fourth-order valence-electron chi connectivity index (χ4n) is 6.31. The predicted molar refractivity (Wildman–Crippen MR) is 150 cm³/mol. The average Bonchev–Trinajstić information content (AvgIpc) is 3.76. The molecule has 1 aliphatic carbocycles. The summed E-state index contributed by atoms with van der Waals surface area (Å²) < 4.78 is 30.1. The van der Waals surface area contributed by atoms with Crippen molar-refractivity contribution in [1.29, 1.82) is 5.26 Å². The highest BCUT2D eigenvalue weighted by molar-refractivity contribution is 7.92. The van der Waals surface area contributed by atoms with Crippen molar-refractivity contribution in [3.63, 3.8) is 0 Å². The molecule has 2 aliphatic heterocycles. The molecule has 3 aliphatic rings. The molecule has 9 heteroatoms. The van der Waals surface area contributed by atoms with Gasteiger partial charge in [0.15, 0.2) is 0 Å². The molecular formula is C30H29ClN4O3S. The lowest BCUT2D eigenvalue weighted by Gasteiger charge is -2.42. The maximum atomic E-state index is 14.2. The van der Waals surface area contributed by atoms with Crippen LogP contribution in [0, 0.1) is 17.2 Å². The lowest BCUT2D eigenvalue weighted by atomic mass is 9.68. The number of rotatable bonds is 6. The molecule has 3 aromatic rings. The molecule has 7 nitrogen and oxygen atoms in total. The first kappa shape index (κ1) is 25.9. The van der Waals surface area contributed by atoms with Gasteiger partial charge in [-0.2, -0.15) is 5.26 Å². The zero-order valence-corrected chi connectivity index (χ0v) is 22.9. The molecule has 1 saturated carbocycles. The first-order valence-electron chi connectivity index (χ1n) is 13.3. The molecule has 1 unspecified atom stereocenters. The van der Waals surface area contributed by atoms with Crippen LogP contribution in [-0.2, 0) is 22.0 Å². The minimum atomic E-state index is -3.90. The van der Waals surface area contributed by atoms with Crippen molar-refractivity contribution in [3.05, 3.63) is 94.0 Å². The van der Waals surface area contributed by atoms with Crippen LogP contribution in [0.1, 0.15) is 52.7 Å². The Morgan fingerprint density at radius 2 is 1.79 bits per heavy atom. The number of fused-ring (bicyclic) bond motifs is 2. The third-order valence-corrected chi connectivity index (χ3v) is 10.5. The quantitative estimate of drug-likeness (QED) is 0.453. The number of piperidine rings is 1. The number of halogens is 1. The maximum absolute atomic E-state index is 14.2. The number of hydrogen-bond donors (Lipinski definition) is 2. The minimum absolute atomic E-state index is 0.172. The molecule has 1 atom stereocenters. The molecule has 200 valence electrons. The second-order valence-electron chi connectivity index (χ2n) is 10.6. The van der Waals surface area contributed by atoms with Crippen LogP contribution in [0.5, 0.6) is 0 Å². The minimum Gasteiger partial charge on any atom is -0.348 e. The van der Waals surface area contributed by atoms with E-state index in [1.54, 1.807) is 34.6 Å². The highest BCUT2D eigenvalue weighted by Gasteiger charge is 2.59. The van der Waals surface area contributed by atoms with Crippen LogP contribution in [0.4, 0.5) is 5.69 Å². The molecular weight excluding hydrogens is 532 g/mol. The van der Waals surface area contributed by atoms with Crippen LogP contribution in [0.15, 0.2) is 71.6 Å². The molecule has 0 bridgehead atoms. The topological polar surface area (TPSA) is 102 Å². The number of nitrogens with zero attached hydrogens (tertiary/aromatic N) is 2. The normalized spacial score (nSPS) is 19.9. The highest BCUT2D eigenvalue weighted by atomic mass is 35.5. The van der Waals surface area contributed by atoms with Gasteiger partial charge in [0.1, 0.15) is 0 Å². The molecule has 1 spiro atoms. The van der Waals surface area contributed by atoms with E-state index in [0.29, 0.717) is 28.4 Å². The standard InChI is InChI=1S/C30H29ClN4O3S/c31-26-4-2-1-3-23(26)19-34-29(36)22-9-12-27-25(17-22)30(13-15-33-16-14-30)28(21-7-8-21)35(27)39(37,38)24-10-5-20(18-32)6-11-24/h1-6,9-12,17,21,28,33H,7-8,13-16,19H2,(H,34,36). The largest absolute Gasteiger partial charge is 0.348 e. The number of carbonyl (C=O) groups is 1. The number of anilines is 1. The van der Waals surface area contributed by atoms with Gasteiger partial charge in [-0.15, -0.1) is 0 Å². The predicted octanol–water partition coefficient (Wildman–Crippen LogP) is 4.75. The first-order chi connectivity index (χ1) is 18.8. The molecule has 2 heterocycles. The Bertz CT molecular complexity index is 1570. The number of benzene rings is 3. The van der Waals surface area contributed by atoms with Gasteiger partial charge in [0.2, 0.25) is 0 Å². The Morgan fingerprint density at radius 3 is 2.46 bits per heavy atom. The van der Waals surface area contributed by atoms with E-state index < -0.39 is 10.0 Å². The van der Waals surface area contributed by atoms with Gasteiger partial charge in [0, 0.05) is 22.5 Å². The van der Waals surface area contributed by atoms with Gasteiger partial charge in [-0.25, -0.2) is 8.42 Å². The second kappa shape index (κ2) is 9.98. The van der Waals surface area contributed by atoms with E-state index in [1.807, 2.05) is 24.3 Å². The molecule has 1 saturated heterocycles. The Hall–Kier alpha value is -3.38. The Balaban J connectivity index is 1.41. The third kappa shape index (κ3) is 4.49. The van der Waals surface area contributed by atoms with E-state index in [2.05, 4.69) is 16.7 Å². The van der Waals surface area contributed by atoms with Crippen molar-refractivity contribution < 1.29 is 13.2 Å². The lowest BCUT2D eigenvalue weighted by Crippen LogP contribution is -2.53. The maximum Gasteiger partial charge on any atom is 0.264 e. The van der Waals surface area contributed by atoms with Gasteiger partial charge >= 0.3 is 0 Å². The SMILES string of the molecule is N#Cc1ccc(S(=O)(=O)N2c3ccc(C(=O)NCc4ccccc4Cl)cc3C3(CCNCC3)C2C2CC2)cc1. The number of nitrogens with one attached hydrogen (secondary N) is 2. The van der Waals surface area contributed by atoms with E-state index in [9.17, 15) is 18.5 Å². The van der Waals surface area contributed by atoms with Crippen molar-refractivity contribution in [3.8, 4) is 6.07 Å². The summed E-state index contributed by atoms with van der Waals surface area (Å²) in [6, 6.07) is 20.8. The first-order valence-corrected chi connectivity index (χ1v) is 15.1. The van der Waals surface area contributed by atoms with Gasteiger partial charge < -0.3 is 10.6 Å². The van der Waals surface area contributed by atoms with Crippen molar-refractivity contribution in [2.45, 2.75) is 48.6 Å². The summed E-state index contributed by atoms with van der Waals surface area (Å²) in [4.78, 5) is 13.4. The van der Waals surface area contributed by atoms with Gasteiger partial charge in [-0.3, -0.25) is 9.10 Å². The fourth-order valence-corrected chi connectivity index (χ4v) is 8.31. The lowest BCUT2D eigenvalue weighted by molar-refractivity contribution is 0.0950. The summed E-state index contributed by atoms with van der Waals surface area (Å²) >= 11 is 6.27. The molecule has 0 radical (unpaired) electrons. The van der Waals surface area contributed by atoms with Crippen LogP contribution in [0.3, 0.4) is 0 Å².